The van der Waals surface area contributed by atoms with Crippen LogP contribution in [-0.2, 0) is 0 Å². The molecule has 1 aromatic carbocycles. The van der Waals surface area contributed by atoms with Crippen molar-refractivity contribution in [3.8, 4) is 0 Å². The number of rotatable bonds is 1. The quantitative estimate of drug-likeness (QED) is 0.648. The average molecular weight is 160 g/mol. The first kappa shape index (κ1) is 6.91. The topological polar surface area (TPSA) is 58.9 Å². The van der Waals surface area contributed by atoms with Crippen LogP contribution in [0.15, 0.2) is 30.6 Å². The Morgan fingerprint density at radius 3 is 2.92 bits per heavy atom. The van der Waals surface area contributed by atoms with E-state index in [0.29, 0.717) is 5.56 Å². The Morgan fingerprint density at radius 1 is 1.33 bits per heavy atom. The number of aromatic nitrogens is 1. The van der Waals surface area contributed by atoms with E-state index in [9.17, 15) is 4.79 Å². The smallest absolute Gasteiger partial charge is 0.249 e. The molecule has 0 bridgehead atoms. The van der Waals surface area contributed by atoms with E-state index in [-0.39, 0.29) is 5.91 Å². The molecule has 0 aliphatic rings. The van der Waals surface area contributed by atoms with Crippen molar-refractivity contribution in [2.75, 3.05) is 0 Å². The summed E-state index contributed by atoms with van der Waals surface area (Å²) in [5.74, 6) is -0.389. The highest BCUT2D eigenvalue weighted by Crippen LogP contribution is 2.16. The van der Waals surface area contributed by atoms with E-state index in [1.54, 1.807) is 12.3 Å². The highest BCUT2D eigenvalue weighted by molar-refractivity contribution is 6.06. The molecule has 0 atom stereocenters. The standard InChI is InChI=1S/C9H8N2O/c10-9(12)7-3-1-2-6-4-11-5-8(6)7/h1-5,11H,(H2,10,12). The lowest BCUT2D eigenvalue weighted by atomic mass is 10.1. The van der Waals surface area contributed by atoms with Crippen LogP contribution in [0.4, 0.5) is 0 Å². The summed E-state index contributed by atoms with van der Waals surface area (Å²) in [5, 5.41) is 1.89. The second-order valence-electron chi connectivity index (χ2n) is 2.63. The van der Waals surface area contributed by atoms with Crippen molar-refractivity contribution >= 4 is 16.7 Å². The Kier molecular flexibility index (Phi) is 1.37. The fourth-order valence-electron chi connectivity index (χ4n) is 1.30. The molecule has 2 aromatic rings. The van der Waals surface area contributed by atoms with Gasteiger partial charge in [0.15, 0.2) is 0 Å². The van der Waals surface area contributed by atoms with Crippen molar-refractivity contribution in [2.45, 2.75) is 0 Å². The second kappa shape index (κ2) is 2.37. The number of amides is 1. The van der Waals surface area contributed by atoms with Gasteiger partial charge in [-0.05, 0) is 11.5 Å². The van der Waals surface area contributed by atoms with Crippen LogP contribution in [0, 0.1) is 0 Å². The van der Waals surface area contributed by atoms with E-state index in [1.807, 2.05) is 18.3 Å². The average Bonchev–Trinajstić information content (AvgIpc) is 2.49. The van der Waals surface area contributed by atoms with Crippen molar-refractivity contribution in [1.29, 1.82) is 0 Å². The van der Waals surface area contributed by atoms with Crippen LogP contribution >= 0.6 is 0 Å². The third-order valence-corrected chi connectivity index (χ3v) is 1.87. The summed E-state index contributed by atoms with van der Waals surface area (Å²) >= 11 is 0. The first-order valence-electron chi connectivity index (χ1n) is 3.64. The number of hydrogen-bond donors (Lipinski definition) is 2. The molecule has 3 heteroatoms. The minimum absolute atomic E-state index is 0.389. The normalized spacial score (nSPS) is 10.3. The molecule has 0 unspecified atom stereocenters. The zero-order valence-corrected chi connectivity index (χ0v) is 6.37. The van der Waals surface area contributed by atoms with Gasteiger partial charge >= 0.3 is 0 Å². The Bertz CT molecular complexity index is 431. The predicted molar refractivity (Wildman–Crippen MR) is 46.8 cm³/mol. The maximum atomic E-state index is 10.9. The second-order valence-corrected chi connectivity index (χ2v) is 2.63. The van der Waals surface area contributed by atoms with Gasteiger partial charge in [0, 0.05) is 23.3 Å². The van der Waals surface area contributed by atoms with Gasteiger partial charge in [0.25, 0.3) is 0 Å². The molecule has 1 amide bonds. The molecule has 3 nitrogen and oxygen atoms in total. The number of nitrogens with one attached hydrogen (secondary N) is 1. The summed E-state index contributed by atoms with van der Waals surface area (Å²) in [6.45, 7) is 0. The monoisotopic (exact) mass is 160 g/mol. The molecule has 0 radical (unpaired) electrons. The van der Waals surface area contributed by atoms with Crippen molar-refractivity contribution in [3.05, 3.63) is 36.2 Å². The first-order chi connectivity index (χ1) is 5.79. The Balaban J connectivity index is 2.82. The third-order valence-electron chi connectivity index (χ3n) is 1.87. The lowest BCUT2D eigenvalue weighted by Crippen LogP contribution is -2.10. The number of fused-ring (bicyclic) bond motifs is 1. The zero-order valence-electron chi connectivity index (χ0n) is 6.37. The SMILES string of the molecule is NC(=O)c1cccc2c[nH]cc12. The molecule has 1 aromatic heterocycles. The summed E-state index contributed by atoms with van der Waals surface area (Å²) in [5.41, 5.74) is 5.75. The van der Waals surface area contributed by atoms with Crippen LogP contribution in [0.25, 0.3) is 10.8 Å². The summed E-state index contributed by atoms with van der Waals surface area (Å²) < 4.78 is 0. The minimum Gasteiger partial charge on any atom is -0.366 e. The van der Waals surface area contributed by atoms with Gasteiger partial charge in [0.1, 0.15) is 0 Å². The Morgan fingerprint density at radius 2 is 2.17 bits per heavy atom. The van der Waals surface area contributed by atoms with Crippen LogP contribution < -0.4 is 5.73 Å². The maximum absolute atomic E-state index is 10.9. The van der Waals surface area contributed by atoms with Crippen molar-refractivity contribution in [2.24, 2.45) is 5.73 Å². The third kappa shape index (κ3) is 0.871. The fraction of sp³-hybridized carbons (Fsp3) is 0. The highest BCUT2D eigenvalue weighted by atomic mass is 16.1. The lowest BCUT2D eigenvalue weighted by molar-refractivity contribution is 0.100. The predicted octanol–water partition coefficient (Wildman–Crippen LogP) is 1.27. The van der Waals surface area contributed by atoms with Gasteiger partial charge < -0.3 is 10.7 Å². The van der Waals surface area contributed by atoms with E-state index >= 15 is 0 Å². The summed E-state index contributed by atoms with van der Waals surface area (Å²) in [7, 11) is 0. The van der Waals surface area contributed by atoms with Crippen LogP contribution in [0.3, 0.4) is 0 Å². The van der Waals surface area contributed by atoms with Gasteiger partial charge in [-0.2, -0.15) is 0 Å². The number of benzene rings is 1. The molecular formula is C9H8N2O. The van der Waals surface area contributed by atoms with Crippen molar-refractivity contribution < 1.29 is 4.79 Å². The fourth-order valence-corrected chi connectivity index (χ4v) is 1.30. The van der Waals surface area contributed by atoms with E-state index in [1.165, 1.54) is 0 Å². The summed E-state index contributed by atoms with van der Waals surface area (Å²) in [6.07, 6.45) is 3.61. The molecule has 0 fully saturated rings. The molecule has 0 spiro atoms. The van der Waals surface area contributed by atoms with Crippen LogP contribution in [0.1, 0.15) is 10.4 Å². The van der Waals surface area contributed by atoms with Gasteiger partial charge in [0.05, 0.1) is 0 Å². The molecule has 12 heavy (non-hydrogen) atoms. The molecule has 0 aliphatic heterocycles. The van der Waals surface area contributed by atoms with Gasteiger partial charge in [-0.1, -0.05) is 12.1 Å². The number of nitrogens with two attached hydrogens (primary N) is 1. The molecule has 1 heterocycles. The van der Waals surface area contributed by atoms with Gasteiger partial charge in [-0.3, -0.25) is 4.79 Å². The van der Waals surface area contributed by atoms with Gasteiger partial charge in [-0.25, -0.2) is 0 Å². The Labute approximate surface area is 69.2 Å². The number of carbonyl (C=O) groups is 1. The summed E-state index contributed by atoms with van der Waals surface area (Å²) in [4.78, 5) is 13.8. The van der Waals surface area contributed by atoms with Crippen molar-refractivity contribution in [1.82, 2.24) is 4.98 Å². The number of H-pyrrole nitrogens is 1. The van der Waals surface area contributed by atoms with Crippen LogP contribution in [0.5, 0.6) is 0 Å². The van der Waals surface area contributed by atoms with Crippen molar-refractivity contribution in [3.63, 3.8) is 0 Å². The van der Waals surface area contributed by atoms with Gasteiger partial charge in [0.2, 0.25) is 5.91 Å². The number of primary amides is 1. The molecule has 0 saturated heterocycles. The van der Waals surface area contributed by atoms with E-state index < -0.39 is 0 Å². The molecule has 0 saturated carbocycles. The van der Waals surface area contributed by atoms with E-state index in [4.69, 9.17) is 5.73 Å². The number of aromatic amines is 1. The van der Waals surface area contributed by atoms with Crippen LogP contribution in [0.2, 0.25) is 0 Å². The van der Waals surface area contributed by atoms with Crippen LogP contribution in [-0.4, -0.2) is 10.9 Å². The summed E-state index contributed by atoms with van der Waals surface area (Å²) in [6, 6.07) is 5.47. The van der Waals surface area contributed by atoms with Gasteiger partial charge in [-0.15, -0.1) is 0 Å². The molecule has 2 rings (SSSR count). The number of hydrogen-bond acceptors (Lipinski definition) is 1. The zero-order chi connectivity index (χ0) is 8.55. The van der Waals surface area contributed by atoms with E-state index in [2.05, 4.69) is 4.98 Å². The molecule has 3 N–H and O–H groups in total. The first-order valence-corrected chi connectivity index (χ1v) is 3.64. The largest absolute Gasteiger partial charge is 0.366 e. The maximum Gasteiger partial charge on any atom is 0.249 e. The Hall–Kier alpha value is -1.77. The molecule has 60 valence electrons. The highest BCUT2D eigenvalue weighted by Gasteiger charge is 2.04. The lowest BCUT2D eigenvalue weighted by Gasteiger charge is -1.95. The molecule has 0 aliphatic carbocycles. The minimum atomic E-state index is -0.389. The number of carbonyl (C=O) groups excluding carboxylic acids is 1. The van der Waals surface area contributed by atoms with E-state index in [0.717, 1.165) is 10.8 Å². The molecular weight excluding hydrogens is 152 g/mol.